The molecule has 0 saturated carbocycles. The van der Waals surface area contributed by atoms with E-state index < -0.39 is 58.2 Å². The fraction of sp³-hybridized carbons (Fsp3) is 0.300. The number of hydrogen-bond donors (Lipinski definition) is 1. The summed E-state index contributed by atoms with van der Waals surface area (Å²) in [7, 11) is 0. The van der Waals surface area contributed by atoms with Gasteiger partial charge in [-0.1, -0.05) is 30.3 Å². The zero-order valence-electron chi connectivity index (χ0n) is 23.0. The zero-order valence-corrected chi connectivity index (χ0v) is 23.8. The van der Waals surface area contributed by atoms with Crippen LogP contribution in [0.15, 0.2) is 64.3 Å². The second kappa shape index (κ2) is 11.7. The number of benzene rings is 3. The van der Waals surface area contributed by atoms with Crippen LogP contribution in [0.3, 0.4) is 0 Å². The largest absolute Gasteiger partial charge is 0.493 e. The normalized spacial score (nSPS) is 17.2. The molecule has 3 aromatic carbocycles. The molecule has 1 amide bonds. The lowest BCUT2D eigenvalue weighted by molar-refractivity contribution is -0.137. The van der Waals surface area contributed by atoms with Crippen LogP contribution in [0.1, 0.15) is 17.2 Å². The number of carbonyl (C=O) groups excluding carboxylic acids is 1. The molecule has 0 spiro atoms. The van der Waals surface area contributed by atoms with Gasteiger partial charge in [0.1, 0.15) is 18.2 Å². The minimum Gasteiger partial charge on any atom is -0.493 e. The first-order valence-electron chi connectivity index (χ1n) is 13.7. The summed E-state index contributed by atoms with van der Waals surface area (Å²) in [5, 5.41) is 10.2. The summed E-state index contributed by atoms with van der Waals surface area (Å²) in [5.74, 6) is -2.88. The van der Waals surface area contributed by atoms with Crippen LogP contribution in [0.5, 0.6) is 5.88 Å². The predicted octanol–water partition coefficient (Wildman–Crippen LogP) is 5.67. The van der Waals surface area contributed by atoms with Gasteiger partial charge in [0.05, 0.1) is 22.5 Å². The average Bonchev–Trinajstić information content (AvgIpc) is 2.99. The third-order valence-corrected chi connectivity index (χ3v) is 8.98. The molecular weight excluding hydrogens is 607 g/mol. The Morgan fingerprint density at radius 3 is 2.45 bits per heavy atom. The number of halogens is 5. The van der Waals surface area contributed by atoms with Gasteiger partial charge in [0.2, 0.25) is 5.88 Å². The van der Waals surface area contributed by atoms with Crippen molar-refractivity contribution in [3.63, 3.8) is 0 Å². The maximum Gasteiger partial charge on any atom is 0.417 e. The minimum absolute atomic E-state index is 0.00130. The highest BCUT2D eigenvalue weighted by Crippen LogP contribution is 2.50. The number of aromatic nitrogens is 2. The second-order valence-electron chi connectivity index (χ2n) is 10.5. The van der Waals surface area contributed by atoms with Gasteiger partial charge in [-0.2, -0.15) is 18.2 Å². The number of hydrogen-bond acceptors (Lipinski definition) is 7. The second-order valence-corrected chi connectivity index (χ2v) is 11.6. The van der Waals surface area contributed by atoms with Gasteiger partial charge in [0, 0.05) is 60.6 Å². The van der Waals surface area contributed by atoms with Crippen molar-refractivity contribution in [3.8, 4) is 17.0 Å². The molecule has 2 aliphatic heterocycles. The highest BCUT2D eigenvalue weighted by Gasteiger charge is 2.40. The van der Waals surface area contributed by atoms with Crippen LogP contribution in [0.25, 0.3) is 22.0 Å². The highest BCUT2D eigenvalue weighted by atomic mass is 32.2. The van der Waals surface area contributed by atoms with Crippen LogP contribution >= 0.6 is 11.8 Å². The molecule has 0 radical (unpaired) electrons. The molecule has 1 fully saturated rings. The van der Waals surface area contributed by atoms with Gasteiger partial charge in [-0.3, -0.25) is 9.47 Å². The van der Waals surface area contributed by atoms with E-state index in [1.165, 1.54) is 4.57 Å². The summed E-state index contributed by atoms with van der Waals surface area (Å²) in [4.78, 5) is 32.9. The summed E-state index contributed by atoms with van der Waals surface area (Å²) in [5.41, 5.74) is -2.26. The first-order valence-corrected chi connectivity index (χ1v) is 14.7. The minimum atomic E-state index is -4.96. The van der Waals surface area contributed by atoms with E-state index in [1.807, 2.05) is 35.2 Å². The summed E-state index contributed by atoms with van der Waals surface area (Å²) in [6, 6.07) is 11.7. The number of carbonyl (C=O) groups is 1. The van der Waals surface area contributed by atoms with Gasteiger partial charge in [-0.15, -0.1) is 11.8 Å². The van der Waals surface area contributed by atoms with Gasteiger partial charge in [0.25, 0.3) is 0 Å². The maximum atomic E-state index is 14.9. The Labute approximate surface area is 251 Å². The molecule has 2 aliphatic rings. The number of ether oxygens (including phenoxy) is 1. The van der Waals surface area contributed by atoms with Crippen molar-refractivity contribution < 1.29 is 36.6 Å². The van der Waals surface area contributed by atoms with Gasteiger partial charge >= 0.3 is 18.0 Å². The molecule has 44 heavy (non-hydrogen) atoms. The number of nitrogens with zero attached hydrogens (tertiary/aromatic N) is 4. The fourth-order valence-electron chi connectivity index (χ4n) is 5.63. The molecule has 1 N–H and O–H groups in total. The Morgan fingerprint density at radius 2 is 1.77 bits per heavy atom. The van der Waals surface area contributed by atoms with Crippen molar-refractivity contribution in [1.82, 2.24) is 19.4 Å². The number of amides is 1. The summed E-state index contributed by atoms with van der Waals surface area (Å²) in [6.07, 6.45) is -5.41. The van der Waals surface area contributed by atoms with Crippen LogP contribution in [0, 0.1) is 11.6 Å². The molecule has 1 atom stereocenters. The summed E-state index contributed by atoms with van der Waals surface area (Å²) in [6.45, 7) is 2.09. The van der Waals surface area contributed by atoms with E-state index >= 15 is 0 Å². The van der Waals surface area contributed by atoms with E-state index in [0.717, 1.165) is 29.5 Å². The Morgan fingerprint density at radius 1 is 1.05 bits per heavy atom. The van der Waals surface area contributed by atoms with Crippen LogP contribution in [0.2, 0.25) is 0 Å². The molecule has 230 valence electrons. The summed E-state index contributed by atoms with van der Waals surface area (Å²) >= 11 is 1.000. The van der Waals surface area contributed by atoms with Crippen molar-refractivity contribution >= 4 is 28.8 Å². The standard InChI is InChI=1S/C30H25F5N4O4S/c31-18-6-7-20(23(32)12-18)24-22(30(33,34)35)13-21-25-26(24)44-16-19(39(25)28(41)36-27(21)40)14-37-8-10-38(11-9-37)29(42)43-15-17-4-2-1-3-5-17/h1-7,12-13,19H,8-11,14-16H2,(H,36,40,41)/t19-/m0/s1. The van der Waals surface area contributed by atoms with Crippen LogP contribution in [0.4, 0.5) is 26.7 Å². The Balaban J connectivity index is 1.29. The van der Waals surface area contributed by atoms with E-state index in [-0.39, 0.29) is 28.2 Å². The molecule has 0 bridgehead atoms. The number of piperazine rings is 1. The molecule has 0 unspecified atom stereocenters. The van der Waals surface area contributed by atoms with E-state index in [0.29, 0.717) is 44.9 Å². The molecule has 4 aromatic rings. The molecule has 8 nitrogen and oxygen atoms in total. The molecule has 6 rings (SSSR count). The van der Waals surface area contributed by atoms with Crippen LogP contribution in [-0.2, 0) is 17.5 Å². The lowest BCUT2D eigenvalue weighted by Gasteiger charge is -2.37. The fourth-order valence-corrected chi connectivity index (χ4v) is 6.95. The van der Waals surface area contributed by atoms with E-state index in [2.05, 4.69) is 4.98 Å². The number of rotatable bonds is 5. The maximum absolute atomic E-state index is 14.9. The molecule has 0 aliphatic carbocycles. The van der Waals surface area contributed by atoms with Crippen molar-refractivity contribution in [2.45, 2.75) is 23.7 Å². The Hall–Kier alpha value is -4.17. The molecule has 14 heteroatoms. The van der Waals surface area contributed by atoms with Crippen LogP contribution < -0.4 is 5.69 Å². The third kappa shape index (κ3) is 5.71. The van der Waals surface area contributed by atoms with E-state index in [1.54, 1.807) is 4.90 Å². The van der Waals surface area contributed by atoms with Crippen molar-refractivity contribution in [2.75, 3.05) is 38.5 Å². The van der Waals surface area contributed by atoms with Gasteiger partial charge in [0.15, 0.2) is 0 Å². The average molecular weight is 633 g/mol. The molecule has 1 aromatic heterocycles. The molecule has 1 saturated heterocycles. The van der Waals surface area contributed by atoms with Crippen molar-refractivity contribution in [3.05, 3.63) is 87.8 Å². The predicted molar refractivity (Wildman–Crippen MR) is 152 cm³/mol. The van der Waals surface area contributed by atoms with Gasteiger partial charge in [-0.25, -0.2) is 18.4 Å². The lowest BCUT2D eigenvalue weighted by Crippen LogP contribution is -2.51. The van der Waals surface area contributed by atoms with E-state index in [4.69, 9.17) is 4.74 Å². The summed E-state index contributed by atoms with van der Waals surface area (Å²) < 4.78 is 78.2. The smallest absolute Gasteiger partial charge is 0.417 e. The van der Waals surface area contributed by atoms with Gasteiger partial charge in [-0.05, 0) is 23.8 Å². The molecule has 3 heterocycles. The zero-order chi connectivity index (χ0) is 31.2. The number of thioether (sulfide) groups is 1. The highest BCUT2D eigenvalue weighted by molar-refractivity contribution is 7.99. The van der Waals surface area contributed by atoms with Gasteiger partial charge < -0.3 is 14.7 Å². The third-order valence-electron chi connectivity index (χ3n) is 7.74. The van der Waals surface area contributed by atoms with Crippen molar-refractivity contribution in [1.29, 1.82) is 0 Å². The quantitative estimate of drug-likeness (QED) is 0.284. The number of alkyl halides is 3. The monoisotopic (exact) mass is 632 g/mol. The van der Waals surface area contributed by atoms with E-state index in [9.17, 15) is 36.6 Å². The lowest BCUT2D eigenvalue weighted by atomic mass is 9.96. The van der Waals surface area contributed by atoms with Crippen LogP contribution in [-0.4, -0.2) is 69.0 Å². The molecular formula is C30H25F5N4O4S. The topological polar surface area (TPSA) is 87.9 Å². The number of aromatic hydroxyl groups is 1. The Kier molecular flexibility index (Phi) is 7.97. The van der Waals surface area contributed by atoms with Crippen molar-refractivity contribution in [2.24, 2.45) is 0 Å². The Bertz CT molecular complexity index is 1790. The first kappa shape index (κ1) is 29.9. The first-order chi connectivity index (χ1) is 21.0. The SMILES string of the molecule is O=C(OCc1ccccc1)N1CCN(C[C@H]2CSc3c(-c4ccc(F)cc4F)c(C(F)(F)F)cc4c(O)nc(=O)n2c34)CC1.